The summed E-state index contributed by atoms with van der Waals surface area (Å²) in [6, 6.07) is 0.353. The number of anilines is 1. The molecule has 0 atom stereocenters. The summed E-state index contributed by atoms with van der Waals surface area (Å²) >= 11 is 2.61. The summed E-state index contributed by atoms with van der Waals surface area (Å²) in [6.45, 7) is 0. The van der Waals surface area contributed by atoms with Crippen LogP contribution in [-0.2, 0) is 4.79 Å². The summed E-state index contributed by atoms with van der Waals surface area (Å²) in [4.78, 5) is 9.96. The maximum atomic E-state index is 12.8. The Hall–Kier alpha value is -1.04. The van der Waals surface area contributed by atoms with Gasteiger partial charge in [0.1, 0.15) is 0 Å². The zero-order valence-corrected chi connectivity index (χ0v) is 7.66. The van der Waals surface area contributed by atoms with Crippen LogP contribution in [0.5, 0.6) is 0 Å². The number of amides is 1. The summed E-state index contributed by atoms with van der Waals surface area (Å²) in [5.74, 6) is -3.61. The van der Waals surface area contributed by atoms with Crippen LogP contribution in [0.25, 0.3) is 0 Å². The first-order valence-corrected chi connectivity index (χ1v) is 3.90. The Balaban J connectivity index is 3.34. The van der Waals surface area contributed by atoms with Crippen molar-refractivity contribution in [3.8, 4) is 0 Å². The molecular weight excluding hydrogens is 251 g/mol. The summed E-state index contributed by atoms with van der Waals surface area (Å²) < 4.78 is 37.6. The Kier molecular flexibility index (Phi) is 2.92. The molecular formula is C7H3BrF3NO. The van der Waals surface area contributed by atoms with Gasteiger partial charge in [-0.25, -0.2) is 13.2 Å². The third-order valence-electron chi connectivity index (χ3n) is 1.32. The normalized spacial score (nSPS) is 9.85. The van der Waals surface area contributed by atoms with Gasteiger partial charge < -0.3 is 5.32 Å². The Morgan fingerprint density at radius 1 is 1.31 bits per heavy atom. The lowest BCUT2D eigenvalue weighted by molar-refractivity contribution is -0.105. The monoisotopic (exact) mass is 253 g/mol. The van der Waals surface area contributed by atoms with Gasteiger partial charge in [-0.15, -0.1) is 0 Å². The van der Waals surface area contributed by atoms with Crippen LogP contribution < -0.4 is 5.32 Å². The van der Waals surface area contributed by atoms with Crippen molar-refractivity contribution in [2.45, 2.75) is 0 Å². The van der Waals surface area contributed by atoms with Crippen LogP contribution in [0.15, 0.2) is 10.5 Å². The van der Waals surface area contributed by atoms with E-state index >= 15 is 0 Å². The van der Waals surface area contributed by atoms with Crippen LogP contribution >= 0.6 is 15.9 Å². The quantitative estimate of drug-likeness (QED) is 0.490. The Labute approximate surface area is 79.9 Å². The van der Waals surface area contributed by atoms with Crippen molar-refractivity contribution in [1.29, 1.82) is 0 Å². The van der Waals surface area contributed by atoms with Gasteiger partial charge in [0.2, 0.25) is 6.41 Å². The average Bonchev–Trinajstić information content (AvgIpc) is 2.09. The predicted molar refractivity (Wildman–Crippen MR) is 43.7 cm³/mol. The van der Waals surface area contributed by atoms with Crippen molar-refractivity contribution in [1.82, 2.24) is 0 Å². The molecule has 1 aromatic carbocycles. The summed E-state index contributed by atoms with van der Waals surface area (Å²) in [7, 11) is 0. The number of nitrogens with one attached hydrogen (secondary N) is 1. The minimum atomic E-state index is -1.32. The van der Waals surface area contributed by atoms with E-state index in [1.165, 1.54) is 0 Å². The molecule has 0 spiro atoms. The minimum Gasteiger partial charge on any atom is -0.325 e. The zero-order valence-electron chi connectivity index (χ0n) is 6.07. The van der Waals surface area contributed by atoms with Crippen molar-refractivity contribution in [3.63, 3.8) is 0 Å². The zero-order chi connectivity index (χ0) is 10.0. The maximum Gasteiger partial charge on any atom is 0.211 e. The second kappa shape index (κ2) is 3.78. The van der Waals surface area contributed by atoms with E-state index in [0.717, 1.165) is 0 Å². The fraction of sp³-hybridized carbons (Fsp3) is 0. The van der Waals surface area contributed by atoms with E-state index < -0.39 is 27.6 Å². The summed E-state index contributed by atoms with van der Waals surface area (Å²) in [5, 5.41) is 1.90. The van der Waals surface area contributed by atoms with E-state index in [9.17, 15) is 18.0 Å². The number of benzene rings is 1. The Bertz CT molecular complexity index is 356. The number of hydrogen-bond acceptors (Lipinski definition) is 1. The van der Waals surface area contributed by atoms with Crippen LogP contribution in [0.3, 0.4) is 0 Å². The molecule has 1 amide bonds. The molecule has 0 heterocycles. The van der Waals surface area contributed by atoms with Crippen LogP contribution in [0.4, 0.5) is 18.9 Å². The fourth-order valence-electron chi connectivity index (χ4n) is 0.757. The van der Waals surface area contributed by atoms with E-state index in [1.54, 1.807) is 0 Å². The first-order valence-electron chi connectivity index (χ1n) is 3.11. The number of carbonyl (C=O) groups is 1. The second-order valence-corrected chi connectivity index (χ2v) is 2.90. The van der Waals surface area contributed by atoms with Gasteiger partial charge in [-0.05, 0) is 15.9 Å². The molecule has 1 rings (SSSR count). The van der Waals surface area contributed by atoms with Gasteiger partial charge in [0.05, 0.1) is 10.2 Å². The molecule has 0 aromatic heterocycles. The number of hydrogen-bond donors (Lipinski definition) is 1. The third kappa shape index (κ3) is 1.82. The molecule has 0 aliphatic heterocycles. The molecule has 0 aliphatic carbocycles. The minimum absolute atomic E-state index is 0.167. The first kappa shape index (κ1) is 10.0. The van der Waals surface area contributed by atoms with Crippen molar-refractivity contribution in [3.05, 3.63) is 28.0 Å². The molecule has 0 saturated heterocycles. The van der Waals surface area contributed by atoms with Crippen LogP contribution in [0.2, 0.25) is 0 Å². The van der Waals surface area contributed by atoms with Gasteiger partial charge in [-0.1, -0.05) is 0 Å². The fourth-order valence-corrected chi connectivity index (χ4v) is 1.25. The third-order valence-corrected chi connectivity index (χ3v) is 2.06. The smallest absolute Gasteiger partial charge is 0.211 e. The van der Waals surface area contributed by atoms with Crippen LogP contribution in [0.1, 0.15) is 0 Å². The predicted octanol–water partition coefficient (Wildman–Crippen LogP) is 2.43. The highest BCUT2D eigenvalue weighted by Crippen LogP contribution is 2.29. The lowest BCUT2D eigenvalue weighted by atomic mass is 10.3. The van der Waals surface area contributed by atoms with Gasteiger partial charge >= 0.3 is 0 Å². The highest BCUT2D eigenvalue weighted by atomic mass is 79.9. The van der Waals surface area contributed by atoms with E-state index in [0.29, 0.717) is 6.07 Å². The van der Waals surface area contributed by atoms with E-state index in [-0.39, 0.29) is 6.41 Å². The van der Waals surface area contributed by atoms with E-state index in [1.807, 2.05) is 5.32 Å². The number of carbonyl (C=O) groups excluding carboxylic acids is 1. The maximum absolute atomic E-state index is 12.8. The standard InChI is InChI=1S/C7H3BrF3NO/c8-5-6(11)3(9)1-4(10)7(5)12-2-13/h1-2H,(H,12,13). The van der Waals surface area contributed by atoms with Crippen LogP contribution in [0, 0.1) is 17.5 Å². The molecule has 2 nitrogen and oxygen atoms in total. The number of rotatable bonds is 2. The molecule has 0 radical (unpaired) electrons. The van der Waals surface area contributed by atoms with Crippen molar-refractivity contribution < 1.29 is 18.0 Å². The molecule has 0 bridgehead atoms. The van der Waals surface area contributed by atoms with Gasteiger partial charge in [-0.3, -0.25) is 4.79 Å². The molecule has 0 aliphatic rings. The SMILES string of the molecule is O=CNc1c(F)cc(F)c(F)c1Br. The van der Waals surface area contributed by atoms with Crippen LogP contribution in [-0.4, -0.2) is 6.41 Å². The van der Waals surface area contributed by atoms with Crippen molar-refractivity contribution in [2.24, 2.45) is 0 Å². The van der Waals surface area contributed by atoms with Gasteiger partial charge in [-0.2, -0.15) is 0 Å². The summed E-state index contributed by atoms with van der Waals surface area (Å²) in [5.41, 5.74) is -0.422. The molecule has 1 N–H and O–H groups in total. The topological polar surface area (TPSA) is 29.1 Å². The Morgan fingerprint density at radius 2 is 1.92 bits per heavy atom. The van der Waals surface area contributed by atoms with E-state index in [2.05, 4.69) is 15.9 Å². The molecule has 70 valence electrons. The lowest BCUT2D eigenvalue weighted by Gasteiger charge is -2.05. The molecule has 6 heteroatoms. The van der Waals surface area contributed by atoms with Gasteiger partial charge in [0.25, 0.3) is 0 Å². The molecule has 13 heavy (non-hydrogen) atoms. The largest absolute Gasteiger partial charge is 0.325 e. The van der Waals surface area contributed by atoms with Gasteiger partial charge in [0, 0.05) is 6.07 Å². The first-order chi connectivity index (χ1) is 6.07. The summed E-state index contributed by atoms with van der Waals surface area (Å²) in [6.07, 6.45) is 0.167. The second-order valence-electron chi connectivity index (χ2n) is 2.11. The average molecular weight is 254 g/mol. The highest BCUT2D eigenvalue weighted by molar-refractivity contribution is 9.10. The van der Waals surface area contributed by atoms with Crippen molar-refractivity contribution >= 4 is 28.0 Å². The molecule has 1 aromatic rings. The molecule has 0 saturated carbocycles. The van der Waals surface area contributed by atoms with Gasteiger partial charge in [0.15, 0.2) is 17.5 Å². The molecule has 0 fully saturated rings. The lowest BCUT2D eigenvalue weighted by Crippen LogP contribution is -2.01. The number of halogens is 4. The molecule has 0 unspecified atom stereocenters. The van der Waals surface area contributed by atoms with Crippen molar-refractivity contribution in [2.75, 3.05) is 5.32 Å². The Morgan fingerprint density at radius 3 is 2.46 bits per heavy atom. The highest BCUT2D eigenvalue weighted by Gasteiger charge is 2.16. The van der Waals surface area contributed by atoms with E-state index in [4.69, 9.17) is 0 Å².